The Balaban J connectivity index is 1.72. The van der Waals surface area contributed by atoms with Crippen LogP contribution < -0.4 is 5.32 Å². The summed E-state index contributed by atoms with van der Waals surface area (Å²) in [6.45, 7) is 2.54. The van der Waals surface area contributed by atoms with E-state index in [1.807, 2.05) is 25.1 Å². The van der Waals surface area contributed by atoms with Crippen LogP contribution in [0.3, 0.4) is 0 Å². The summed E-state index contributed by atoms with van der Waals surface area (Å²) < 4.78 is 5.35. The van der Waals surface area contributed by atoms with E-state index >= 15 is 0 Å². The maximum atomic E-state index is 12.2. The molecule has 1 aromatic heterocycles. The lowest BCUT2D eigenvalue weighted by Crippen LogP contribution is -2.47. The minimum absolute atomic E-state index is 0.193. The average Bonchev–Trinajstić information content (AvgIpc) is 2.84. The average molecular weight is 286 g/mol. The quantitative estimate of drug-likeness (QED) is 0.897. The van der Waals surface area contributed by atoms with Crippen molar-refractivity contribution < 1.29 is 14.6 Å². The number of pyridine rings is 1. The van der Waals surface area contributed by atoms with Crippen LogP contribution in [0.15, 0.2) is 36.5 Å². The number of aliphatic hydroxyl groups is 1. The molecule has 0 aliphatic carbocycles. The first-order valence-electron chi connectivity index (χ1n) is 7.05. The van der Waals surface area contributed by atoms with Gasteiger partial charge in [-0.25, -0.2) is 0 Å². The van der Waals surface area contributed by atoms with E-state index in [0.717, 1.165) is 10.9 Å². The Hall–Kier alpha value is -1.98. The largest absolute Gasteiger partial charge is 0.385 e. The number of hydrogen-bond acceptors (Lipinski definition) is 4. The van der Waals surface area contributed by atoms with Crippen LogP contribution in [0, 0.1) is 0 Å². The van der Waals surface area contributed by atoms with E-state index in [0.29, 0.717) is 18.6 Å². The number of carbonyl (C=O) groups is 1. The van der Waals surface area contributed by atoms with Crippen LogP contribution in [-0.4, -0.2) is 40.9 Å². The zero-order valence-electron chi connectivity index (χ0n) is 11.9. The first-order valence-corrected chi connectivity index (χ1v) is 7.05. The number of ether oxygens (including phenoxy) is 1. The Morgan fingerprint density at radius 2 is 2.38 bits per heavy atom. The van der Waals surface area contributed by atoms with Gasteiger partial charge >= 0.3 is 0 Å². The maximum Gasteiger partial charge on any atom is 0.251 e. The molecule has 1 fully saturated rings. The van der Waals surface area contributed by atoms with Crippen LogP contribution in [0.25, 0.3) is 10.9 Å². The minimum Gasteiger partial charge on any atom is -0.385 e. The zero-order valence-corrected chi connectivity index (χ0v) is 11.9. The Labute approximate surface area is 123 Å². The molecule has 21 heavy (non-hydrogen) atoms. The molecule has 110 valence electrons. The topological polar surface area (TPSA) is 71.5 Å². The Bertz CT molecular complexity index is 673. The monoisotopic (exact) mass is 286 g/mol. The number of carbonyl (C=O) groups excluding carboxylic acids is 1. The van der Waals surface area contributed by atoms with Crippen molar-refractivity contribution in [3.8, 4) is 0 Å². The van der Waals surface area contributed by atoms with Gasteiger partial charge in [-0.15, -0.1) is 0 Å². The number of nitrogens with one attached hydrogen (secondary N) is 1. The fourth-order valence-corrected chi connectivity index (χ4v) is 2.56. The molecule has 0 saturated carbocycles. The molecule has 1 aromatic carbocycles. The Kier molecular flexibility index (Phi) is 3.61. The van der Waals surface area contributed by atoms with E-state index in [2.05, 4.69) is 10.3 Å². The number of nitrogens with zero attached hydrogens (tertiary/aromatic N) is 1. The molecule has 0 spiro atoms. The van der Waals surface area contributed by atoms with Gasteiger partial charge in [-0.2, -0.15) is 0 Å². The van der Waals surface area contributed by atoms with Crippen LogP contribution in [0.5, 0.6) is 0 Å². The molecule has 2 atom stereocenters. The maximum absolute atomic E-state index is 12.2. The van der Waals surface area contributed by atoms with E-state index in [9.17, 15) is 9.90 Å². The third-order valence-electron chi connectivity index (χ3n) is 4.08. The van der Waals surface area contributed by atoms with Gasteiger partial charge in [0, 0.05) is 36.7 Å². The number of fused-ring (bicyclic) bond motifs is 1. The summed E-state index contributed by atoms with van der Waals surface area (Å²) in [5.41, 5.74) is 0.435. The molecule has 1 aliphatic heterocycles. The van der Waals surface area contributed by atoms with Crippen molar-refractivity contribution in [1.29, 1.82) is 0 Å². The van der Waals surface area contributed by atoms with Gasteiger partial charge in [0.25, 0.3) is 5.91 Å². The van der Waals surface area contributed by atoms with E-state index in [-0.39, 0.29) is 18.6 Å². The zero-order chi connectivity index (χ0) is 14.9. The molecule has 1 aliphatic rings. The number of benzene rings is 1. The molecule has 0 bridgehead atoms. The van der Waals surface area contributed by atoms with E-state index in [1.165, 1.54) is 0 Å². The van der Waals surface area contributed by atoms with E-state index in [4.69, 9.17) is 4.74 Å². The summed E-state index contributed by atoms with van der Waals surface area (Å²) in [6, 6.07) is 9.11. The molecular formula is C16H18N2O3. The van der Waals surface area contributed by atoms with E-state index in [1.54, 1.807) is 18.3 Å². The van der Waals surface area contributed by atoms with Gasteiger partial charge in [-0.05, 0) is 31.2 Å². The van der Waals surface area contributed by atoms with Gasteiger partial charge in [0.15, 0.2) is 0 Å². The summed E-state index contributed by atoms with van der Waals surface area (Å²) in [6.07, 6.45) is 1.99. The van der Waals surface area contributed by atoms with Gasteiger partial charge < -0.3 is 15.2 Å². The lowest BCUT2D eigenvalue weighted by molar-refractivity contribution is -0.0251. The fourth-order valence-electron chi connectivity index (χ4n) is 2.56. The summed E-state index contributed by atoms with van der Waals surface area (Å²) in [7, 11) is 0. The van der Waals surface area contributed by atoms with Crippen LogP contribution >= 0.6 is 0 Å². The van der Waals surface area contributed by atoms with Gasteiger partial charge in [0.05, 0.1) is 11.6 Å². The summed E-state index contributed by atoms with van der Waals surface area (Å²) >= 11 is 0. The standard InChI is InChI=1S/C16H18N2O3/c1-11-16(20,6-8-21-11)10-18-15(19)13-4-5-14-12(9-13)3-2-7-17-14/h2-5,7,9,11,20H,6,8,10H2,1H3,(H,18,19). The Morgan fingerprint density at radius 1 is 1.52 bits per heavy atom. The highest BCUT2D eigenvalue weighted by atomic mass is 16.5. The molecule has 5 heteroatoms. The van der Waals surface area contributed by atoms with Crippen molar-refractivity contribution in [3.63, 3.8) is 0 Å². The van der Waals surface area contributed by atoms with Crippen molar-refractivity contribution in [1.82, 2.24) is 10.3 Å². The molecule has 1 amide bonds. The SMILES string of the molecule is CC1OCCC1(O)CNC(=O)c1ccc2ncccc2c1. The van der Waals surface area contributed by atoms with Crippen LogP contribution in [0.4, 0.5) is 0 Å². The molecule has 0 radical (unpaired) electrons. The van der Waals surface area contributed by atoms with Crippen molar-refractivity contribution >= 4 is 16.8 Å². The second-order valence-electron chi connectivity index (χ2n) is 5.46. The highest BCUT2D eigenvalue weighted by Crippen LogP contribution is 2.24. The van der Waals surface area contributed by atoms with Crippen molar-refractivity contribution in [3.05, 3.63) is 42.1 Å². The van der Waals surface area contributed by atoms with Crippen molar-refractivity contribution in [2.45, 2.75) is 25.0 Å². The summed E-state index contributed by atoms with van der Waals surface area (Å²) in [5.74, 6) is -0.201. The predicted octanol–water partition coefficient (Wildman–Crippen LogP) is 1.50. The number of hydrogen-bond donors (Lipinski definition) is 2. The van der Waals surface area contributed by atoms with Gasteiger partial charge in [-0.1, -0.05) is 6.07 Å². The lowest BCUT2D eigenvalue weighted by Gasteiger charge is -2.26. The molecule has 5 nitrogen and oxygen atoms in total. The number of amides is 1. The molecule has 2 aromatic rings. The minimum atomic E-state index is -0.978. The second-order valence-corrected chi connectivity index (χ2v) is 5.46. The molecular weight excluding hydrogens is 268 g/mol. The van der Waals surface area contributed by atoms with Crippen LogP contribution in [0.1, 0.15) is 23.7 Å². The number of rotatable bonds is 3. The molecule has 2 N–H and O–H groups in total. The first kappa shape index (κ1) is 14.0. The molecule has 3 rings (SSSR count). The Morgan fingerprint density at radius 3 is 3.14 bits per heavy atom. The smallest absolute Gasteiger partial charge is 0.251 e. The van der Waals surface area contributed by atoms with Gasteiger partial charge in [0.1, 0.15) is 5.60 Å². The lowest BCUT2D eigenvalue weighted by atomic mass is 9.96. The highest BCUT2D eigenvalue weighted by Gasteiger charge is 2.39. The highest BCUT2D eigenvalue weighted by molar-refractivity contribution is 5.97. The van der Waals surface area contributed by atoms with Gasteiger partial charge in [0.2, 0.25) is 0 Å². The molecule has 1 saturated heterocycles. The van der Waals surface area contributed by atoms with Crippen LogP contribution in [-0.2, 0) is 4.74 Å². The third kappa shape index (κ3) is 2.75. The number of aromatic nitrogens is 1. The first-order chi connectivity index (χ1) is 10.1. The van der Waals surface area contributed by atoms with Crippen molar-refractivity contribution in [2.75, 3.05) is 13.2 Å². The summed E-state index contributed by atoms with van der Waals surface area (Å²) in [4.78, 5) is 16.4. The third-order valence-corrected chi connectivity index (χ3v) is 4.08. The van der Waals surface area contributed by atoms with Crippen molar-refractivity contribution in [2.24, 2.45) is 0 Å². The fraction of sp³-hybridized carbons (Fsp3) is 0.375. The second kappa shape index (κ2) is 5.42. The molecule has 2 heterocycles. The molecule has 2 unspecified atom stereocenters. The van der Waals surface area contributed by atoms with E-state index < -0.39 is 5.60 Å². The normalized spacial score (nSPS) is 25.1. The van der Waals surface area contributed by atoms with Crippen LogP contribution in [0.2, 0.25) is 0 Å². The predicted molar refractivity (Wildman–Crippen MR) is 79.1 cm³/mol. The summed E-state index contributed by atoms with van der Waals surface area (Å²) in [5, 5.41) is 14.1. The van der Waals surface area contributed by atoms with Gasteiger partial charge in [-0.3, -0.25) is 9.78 Å².